The highest BCUT2D eigenvalue weighted by Crippen LogP contribution is 2.23. The van der Waals surface area contributed by atoms with E-state index >= 15 is 0 Å². The SMILES string of the molecule is O=C(Nc1ccc(CC(NC(=O)[C@@H]2OCO[C@H]2C(=O)Nc2ccccc2Cl)C(=O)O)cc1)c1ccncc1. The van der Waals surface area contributed by atoms with Crippen LogP contribution in [0.3, 0.4) is 0 Å². The molecule has 1 unspecified atom stereocenters. The van der Waals surface area contributed by atoms with Gasteiger partial charge in [-0.25, -0.2) is 4.79 Å². The van der Waals surface area contributed by atoms with Crippen molar-refractivity contribution in [3.05, 3.63) is 89.2 Å². The lowest BCUT2D eigenvalue weighted by atomic mass is 10.0. The smallest absolute Gasteiger partial charge is 0.326 e. The number of pyridine rings is 1. The molecular formula is C26H23ClN4O7. The van der Waals surface area contributed by atoms with Gasteiger partial charge >= 0.3 is 5.97 Å². The second-order valence-corrected chi connectivity index (χ2v) is 8.66. The van der Waals surface area contributed by atoms with E-state index in [4.69, 9.17) is 21.1 Å². The number of anilines is 2. The summed E-state index contributed by atoms with van der Waals surface area (Å²) in [5, 5.41) is 17.7. The number of carbonyl (C=O) groups is 4. The van der Waals surface area contributed by atoms with Gasteiger partial charge in [-0.1, -0.05) is 35.9 Å². The molecule has 1 aromatic heterocycles. The summed E-state index contributed by atoms with van der Waals surface area (Å²) in [7, 11) is 0. The lowest BCUT2D eigenvalue weighted by molar-refractivity contribution is -0.144. The quantitative estimate of drug-likeness (QED) is 0.324. The van der Waals surface area contributed by atoms with Crippen molar-refractivity contribution in [2.75, 3.05) is 17.4 Å². The largest absolute Gasteiger partial charge is 0.480 e. The molecule has 4 rings (SSSR count). The minimum Gasteiger partial charge on any atom is -0.480 e. The zero-order valence-corrected chi connectivity index (χ0v) is 20.6. The Morgan fingerprint density at radius 3 is 2.24 bits per heavy atom. The number of carboxylic acids is 1. The number of carbonyl (C=O) groups excluding carboxylic acids is 3. The minimum absolute atomic E-state index is 0.0519. The number of hydrogen-bond donors (Lipinski definition) is 4. The standard InChI is InChI=1S/C26H23ClN4O7/c27-18-3-1-2-4-19(18)30-24(33)21-22(38-14-37-21)25(34)31-20(26(35)36)13-15-5-7-17(8-6-15)29-23(32)16-9-11-28-12-10-16/h1-12,20-22H,13-14H2,(H,29,32)(H,30,33)(H,31,34)(H,35,36)/t20?,21-,22-/m1/s1. The Bertz CT molecular complexity index is 1320. The number of rotatable bonds is 9. The van der Waals surface area contributed by atoms with Crippen LogP contribution in [-0.4, -0.2) is 58.8 Å². The van der Waals surface area contributed by atoms with Crippen LogP contribution in [0, 0.1) is 0 Å². The molecule has 3 atom stereocenters. The molecule has 1 aliphatic rings. The van der Waals surface area contributed by atoms with Crippen molar-refractivity contribution in [2.45, 2.75) is 24.7 Å². The number of aliphatic carboxylic acids is 1. The molecule has 2 heterocycles. The summed E-state index contributed by atoms with van der Waals surface area (Å²) in [5.74, 6) is -3.06. The molecule has 4 N–H and O–H groups in total. The van der Waals surface area contributed by atoms with Crippen LogP contribution in [0.15, 0.2) is 73.1 Å². The van der Waals surface area contributed by atoms with Gasteiger partial charge in [0.25, 0.3) is 17.7 Å². The molecule has 0 aliphatic carbocycles. The van der Waals surface area contributed by atoms with E-state index in [0.717, 1.165) is 0 Å². The molecular weight excluding hydrogens is 516 g/mol. The van der Waals surface area contributed by atoms with E-state index in [1.807, 2.05) is 0 Å². The average molecular weight is 539 g/mol. The predicted octanol–water partition coefficient (Wildman–Crippen LogP) is 2.48. The van der Waals surface area contributed by atoms with E-state index in [2.05, 4.69) is 20.9 Å². The molecule has 3 aromatic rings. The van der Waals surface area contributed by atoms with Gasteiger partial charge in [-0.2, -0.15) is 0 Å². The van der Waals surface area contributed by atoms with Gasteiger partial charge in [0.1, 0.15) is 12.8 Å². The summed E-state index contributed by atoms with van der Waals surface area (Å²) in [6.45, 7) is -0.316. The van der Waals surface area contributed by atoms with Gasteiger partial charge in [0.15, 0.2) is 12.2 Å². The fourth-order valence-corrected chi connectivity index (χ4v) is 3.86. The number of amides is 3. The van der Waals surface area contributed by atoms with Gasteiger partial charge in [0.05, 0.1) is 10.7 Å². The molecule has 1 aliphatic heterocycles. The number of halogens is 1. The molecule has 0 bridgehead atoms. The summed E-state index contributed by atoms with van der Waals surface area (Å²) in [5.41, 5.74) is 1.87. The minimum atomic E-state index is -1.36. The fourth-order valence-electron chi connectivity index (χ4n) is 3.67. The number of nitrogens with one attached hydrogen (secondary N) is 3. The highest BCUT2D eigenvalue weighted by atomic mass is 35.5. The molecule has 3 amide bonds. The van der Waals surface area contributed by atoms with Crippen LogP contribution >= 0.6 is 11.6 Å². The maximum Gasteiger partial charge on any atom is 0.326 e. The van der Waals surface area contributed by atoms with Gasteiger partial charge < -0.3 is 30.5 Å². The normalized spacial score (nSPS) is 17.3. The fraction of sp³-hybridized carbons (Fsp3) is 0.192. The van der Waals surface area contributed by atoms with Crippen LogP contribution in [0.1, 0.15) is 15.9 Å². The number of aromatic nitrogens is 1. The second kappa shape index (κ2) is 12.3. The molecule has 1 saturated heterocycles. The van der Waals surface area contributed by atoms with E-state index in [9.17, 15) is 24.3 Å². The molecule has 1 fully saturated rings. The molecule has 2 aromatic carbocycles. The third-order valence-corrected chi connectivity index (χ3v) is 5.96. The first-order valence-corrected chi connectivity index (χ1v) is 11.8. The lowest BCUT2D eigenvalue weighted by Gasteiger charge is -2.20. The van der Waals surface area contributed by atoms with Crippen molar-refractivity contribution in [1.29, 1.82) is 0 Å². The van der Waals surface area contributed by atoms with Crippen LogP contribution in [0.2, 0.25) is 5.02 Å². The number of benzene rings is 2. The molecule has 11 nitrogen and oxygen atoms in total. The van der Waals surface area contributed by atoms with E-state index < -0.39 is 36.0 Å². The molecule has 0 saturated carbocycles. The molecule has 196 valence electrons. The van der Waals surface area contributed by atoms with E-state index in [-0.39, 0.29) is 19.1 Å². The summed E-state index contributed by atoms with van der Waals surface area (Å²) in [4.78, 5) is 53.6. The highest BCUT2D eigenvalue weighted by Gasteiger charge is 2.41. The van der Waals surface area contributed by atoms with Crippen molar-refractivity contribution in [3.8, 4) is 0 Å². The number of ether oxygens (including phenoxy) is 2. The molecule has 38 heavy (non-hydrogen) atoms. The topological polar surface area (TPSA) is 156 Å². The molecule has 0 spiro atoms. The van der Waals surface area contributed by atoms with Crippen molar-refractivity contribution in [1.82, 2.24) is 10.3 Å². The van der Waals surface area contributed by atoms with Crippen molar-refractivity contribution >= 4 is 46.7 Å². The maximum atomic E-state index is 12.9. The van der Waals surface area contributed by atoms with E-state index in [0.29, 0.717) is 27.5 Å². The van der Waals surface area contributed by atoms with E-state index in [1.54, 1.807) is 60.7 Å². The van der Waals surface area contributed by atoms with Crippen LogP contribution in [-0.2, 0) is 30.3 Å². The monoisotopic (exact) mass is 538 g/mol. The molecule has 12 heteroatoms. The first-order chi connectivity index (χ1) is 18.3. The number of para-hydroxylation sites is 1. The number of hydrogen-bond acceptors (Lipinski definition) is 7. The zero-order valence-electron chi connectivity index (χ0n) is 19.8. The van der Waals surface area contributed by atoms with Gasteiger partial charge in [-0.05, 0) is 42.0 Å². The first-order valence-electron chi connectivity index (χ1n) is 11.4. The lowest BCUT2D eigenvalue weighted by Crippen LogP contribution is -2.51. The predicted molar refractivity (Wildman–Crippen MR) is 137 cm³/mol. The third-order valence-electron chi connectivity index (χ3n) is 5.63. The highest BCUT2D eigenvalue weighted by molar-refractivity contribution is 6.33. The molecule has 0 radical (unpaired) electrons. The van der Waals surface area contributed by atoms with Crippen molar-refractivity contribution in [3.63, 3.8) is 0 Å². The Morgan fingerprint density at radius 2 is 1.58 bits per heavy atom. The summed E-state index contributed by atoms with van der Waals surface area (Å²) in [6.07, 6.45) is 0.307. The zero-order chi connectivity index (χ0) is 27.1. The van der Waals surface area contributed by atoms with Crippen LogP contribution in [0.4, 0.5) is 11.4 Å². The van der Waals surface area contributed by atoms with Crippen LogP contribution in [0.25, 0.3) is 0 Å². The van der Waals surface area contributed by atoms with Gasteiger partial charge in [-0.3, -0.25) is 19.4 Å². The van der Waals surface area contributed by atoms with Gasteiger partial charge in [-0.15, -0.1) is 0 Å². The van der Waals surface area contributed by atoms with Crippen LogP contribution in [0.5, 0.6) is 0 Å². The van der Waals surface area contributed by atoms with E-state index in [1.165, 1.54) is 12.4 Å². The summed E-state index contributed by atoms with van der Waals surface area (Å²) >= 11 is 6.06. The van der Waals surface area contributed by atoms with Crippen molar-refractivity contribution in [2.24, 2.45) is 0 Å². The Morgan fingerprint density at radius 1 is 0.921 bits per heavy atom. The Kier molecular flexibility index (Phi) is 8.64. The summed E-state index contributed by atoms with van der Waals surface area (Å²) < 4.78 is 10.5. The first kappa shape index (κ1) is 26.7. The Labute approximate surface area is 222 Å². The van der Waals surface area contributed by atoms with Gasteiger partial charge in [0.2, 0.25) is 0 Å². The Hall–Kier alpha value is -4.32. The Balaban J connectivity index is 1.36. The van der Waals surface area contributed by atoms with Gasteiger partial charge in [0, 0.05) is 30.1 Å². The average Bonchev–Trinajstić information content (AvgIpc) is 3.41. The second-order valence-electron chi connectivity index (χ2n) is 8.25. The number of nitrogens with zero attached hydrogens (tertiary/aromatic N) is 1. The van der Waals surface area contributed by atoms with Crippen molar-refractivity contribution < 1.29 is 33.8 Å². The van der Waals surface area contributed by atoms with Crippen LogP contribution < -0.4 is 16.0 Å². The summed E-state index contributed by atoms with van der Waals surface area (Å²) in [6, 6.07) is 14.9. The third kappa shape index (κ3) is 6.71. The maximum absolute atomic E-state index is 12.9. The number of carboxylic acid groups (broad SMARTS) is 1.